The van der Waals surface area contributed by atoms with Crippen molar-refractivity contribution in [1.29, 1.82) is 0 Å². The Bertz CT molecular complexity index is 397. The minimum atomic E-state index is 0. The van der Waals surface area contributed by atoms with E-state index in [-0.39, 0.29) is 18.2 Å². The van der Waals surface area contributed by atoms with Gasteiger partial charge in [0, 0.05) is 10.5 Å². The van der Waals surface area contributed by atoms with Crippen molar-refractivity contribution in [2.45, 2.75) is 12.5 Å². The third-order valence-electron chi connectivity index (χ3n) is 2.59. The molecule has 1 aromatic carbocycles. The highest BCUT2D eigenvalue weighted by atomic mass is 79.9. The summed E-state index contributed by atoms with van der Waals surface area (Å²) in [7, 11) is 1.55. The van der Waals surface area contributed by atoms with Crippen LogP contribution < -0.4 is 10.1 Å². The van der Waals surface area contributed by atoms with Gasteiger partial charge in [-0.15, -0.1) is 12.4 Å². The Balaban J connectivity index is 0.00000128. The van der Waals surface area contributed by atoms with Gasteiger partial charge < -0.3 is 15.2 Å². The largest absolute Gasteiger partial charge is 0.503 e. The van der Waals surface area contributed by atoms with E-state index >= 15 is 0 Å². The van der Waals surface area contributed by atoms with Gasteiger partial charge in [-0.2, -0.15) is 0 Å². The van der Waals surface area contributed by atoms with Crippen LogP contribution in [0.1, 0.15) is 18.0 Å². The molecule has 0 saturated carbocycles. The number of aromatic hydroxyl groups is 1. The first-order valence-electron chi connectivity index (χ1n) is 4.63. The molecule has 0 aromatic heterocycles. The van der Waals surface area contributed by atoms with Crippen LogP contribution in [0.2, 0.25) is 0 Å². The molecule has 6 heteroatoms. The molecule has 90 valence electrons. The van der Waals surface area contributed by atoms with Crippen LogP contribution in [0.4, 0.5) is 0 Å². The first kappa shape index (κ1) is 14.1. The van der Waals surface area contributed by atoms with E-state index in [0.717, 1.165) is 23.0 Å². The first-order chi connectivity index (χ1) is 7.15. The van der Waals surface area contributed by atoms with Crippen LogP contribution >= 0.6 is 44.3 Å². The van der Waals surface area contributed by atoms with Crippen molar-refractivity contribution in [1.82, 2.24) is 5.32 Å². The summed E-state index contributed by atoms with van der Waals surface area (Å²) in [6.45, 7) is 1.04. The number of nitrogens with one attached hydrogen (secondary N) is 1. The van der Waals surface area contributed by atoms with Crippen molar-refractivity contribution < 1.29 is 9.84 Å². The highest BCUT2D eigenvalue weighted by Gasteiger charge is 2.24. The van der Waals surface area contributed by atoms with E-state index in [1.54, 1.807) is 7.11 Å². The molecule has 1 aromatic rings. The smallest absolute Gasteiger partial charge is 0.173 e. The number of rotatable bonds is 2. The summed E-state index contributed by atoms with van der Waals surface area (Å²) in [4.78, 5) is 0. The van der Waals surface area contributed by atoms with Crippen LogP contribution in [0, 0.1) is 0 Å². The molecule has 0 amide bonds. The topological polar surface area (TPSA) is 41.5 Å². The van der Waals surface area contributed by atoms with Crippen molar-refractivity contribution in [3.63, 3.8) is 0 Å². The van der Waals surface area contributed by atoms with Gasteiger partial charge in [0.2, 0.25) is 0 Å². The fraction of sp³-hybridized carbons (Fsp3) is 0.400. The second kappa shape index (κ2) is 5.58. The maximum Gasteiger partial charge on any atom is 0.173 e. The molecular weight excluding hydrogens is 361 g/mol. The summed E-state index contributed by atoms with van der Waals surface area (Å²) in [5, 5.41) is 13.1. The van der Waals surface area contributed by atoms with Crippen molar-refractivity contribution in [3.8, 4) is 11.5 Å². The number of benzene rings is 1. The lowest BCUT2D eigenvalue weighted by molar-refractivity contribution is 0.360. The number of methoxy groups -OCH3 is 1. The van der Waals surface area contributed by atoms with Gasteiger partial charge in [-0.3, -0.25) is 0 Å². The van der Waals surface area contributed by atoms with Crippen LogP contribution in [0.15, 0.2) is 15.0 Å². The molecule has 0 unspecified atom stereocenters. The Morgan fingerprint density at radius 3 is 2.50 bits per heavy atom. The predicted molar refractivity (Wildman–Crippen MR) is 72.7 cm³/mol. The number of phenolic OH excluding ortho intramolecular Hbond substituents is 1. The molecule has 2 N–H and O–H groups in total. The summed E-state index contributed by atoms with van der Waals surface area (Å²) in [5.74, 6) is 0.626. The maximum atomic E-state index is 9.75. The molecule has 1 fully saturated rings. The Morgan fingerprint density at radius 2 is 2.06 bits per heavy atom. The molecule has 2 rings (SSSR count). The second-order valence-corrected chi connectivity index (χ2v) is 5.03. The van der Waals surface area contributed by atoms with Crippen LogP contribution in [-0.4, -0.2) is 18.8 Å². The van der Waals surface area contributed by atoms with E-state index in [9.17, 15) is 5.11 Å². The summed E-state index contributed by atoms with van der Waals surface area (Å²) < 4.78 is 6.64. The number of ether oxygens (including phenoxy) is 1. The van der Waals surface area contributed by atoms with Crippen LogP contribution in [0.3, 0.4) is 0 Å². The van der Waals surface area contributed by atoms with Gasteiger partial charge in [0.25, 0.3) is 0 Å². The summed E-state index contributed by atoms with van der Waals surface area (Å²) in [6.07, 6.45) is 1.11. The molecule has 0 radical (unpaired) electrons. The number of halogens is 3. The zero-order valence-corrected chi connectivity index (χ0v) is 12.6. The van der Waals surface area contributed by atoms with Gasteiger partial charge >= 0.3 is 0 Å². The predicted octanol–water partition coefficient (Wildman–Crippen LogP) is 3.38. The Labute approximate surface area is 117 Å². The van der Waals surface area contributed by atoms with E-state index in [4.69, 9.17) is 4.74 Å². The molecule has 1 aliphatic heterocycles. The van der Waals surface area contributed by atoms with Gasteiger partial charge in [-0.05, 0) is 56.5 Å². The average Bonchev–Trinajstić information content (AvgIpc) is 2.16. The Morgan fingerprint density at radius 1 is 1.44 bits per heavy atom. The lowest BCUT2D eigenvalue weighted by atomic mass is 9.98. The van der Waals surface area contributed by atoms with Crippen molar-refractivity contribution in [2.75, 3.05) is 13.7 Å². The van der Waals surface area contributed by atoms with Gasteiger partial charge in [-0.1, -0.05) is 0 Å². The van der Waals surface area contributed by atoms with E-state index in [0.29, 0.717) is 16.3 Å². The van der Waals surface area contributed by atoms with Gasteiger partial charge in [0.05, 0.1) is 11.6 Å². The summed E-state index contributed by atoms with van der Waals surface area (Å²) in [6, 6.07) is 2.21. The van der Waals surface area contributed by atoms with Crippen LogP contribution in [-0.2, 0) is 0 Å². The third-order valence-corrected chi connectivity index (χ3v) is 4.75. The third kappa shape index (κ3) is 2.32. The minimum Gasteiger partial charge on any atom is -0.503 e. The lowest BCUT2D eigenvalue weighted by Crippen LogP contribution is -2.35. The molecule has 1 aliphatic rings. The van der Waals surface area contributed by atoms with Gasteiger partial charge in [0.1, 0.15) is 0 Å². The fourth-order valence-corrected chi connectivity index (χ4v) is 2.58. The Hall–Kier alpha value is 0.0300. The zero-order valence-electron chi connectivity index (χ0n) is 8.59. The highest BCUT2D eigenvalue weighted by Crippen LogP contribution is 2.44. The number of hydrogen-bond acceptors (Lipinski definition) is 3. The molecule has 1 heterocycles. The van der Waals surface area contributed by atoms with Crippen molar-refractivity contribution >= 4 is 44.3 Å². The van der Waals surface area contributed by atoms with E-state index in [1.165, 1.54) is 0 Å². The van der Waals surface area contributed by atoms with E-state index < -0.39 is 0 Å². The fourth-order valence-electron chi connectivity index (χ4n) is 1.58. The SMILES string of the molecule is COc1cc([C@@H]2CCN2)c(Br)c(Br)c1O.Cl. The zero-order chi connectivity index (χ0) is 11.0. The molecule has 0 spiro atoms. The monoisotopic (exact) mass is 371 g/mol. The maximum absolute atomic E-state index is 9.75. The minimum absolute atomic E-state index is 0. The van der Waals surface area contributed by atoms with Crippen molar-refractivity contribution in [3.05, 3.63) is 20.6 Å². The van der Waals surface area contributed by atoms with E-state index in [2.05, 4.69) is 37.2 Å². The number of hydrogen-bond donors (Lipinski definition) is 2. The normalized spacial score (nSPS) is 18.6. The summed E-state index contributed by atoms with van der Waals surface area (Å²) >= 11 is 6.81. The van der Waals surface area contributed by atoms with E-state index in [1.807, 2.05) is 6.07 Å². The average molecular weight is 373 g/mol. The molecule has 0 bridgehead atoms. The molecule has 1 saturated heterocycles. The van der Waals surface area contributed by atoms with Gasteiger partial charge in [-0.25, -0.2) is 0 Å². The van der Waals surface area contributed by atoms with Crippen LogP contribution in [0.5, 0.6) is 11.5 Å². The highest BCUT2D eigenvalue weighted by molar-refractivity contribution is 9.13. The molecule has 1 atom stereocenters. The molecule has 0 aliphatic carbocycles. The van der Waals surface area contributed by atoms with Crippen LogP contribution in [0.25, 0.3) is 0 Å². The molecule has 3 nitrogen and oxygen atoms in total. The first-order valence-corrected chi connectivity index (χ1v) is 6.22. The molecular formula is C10H12Br2ClNO2. The lowest BCUT2D eigenvalue weighted by Gasteiger charge is -2.29. The Kier molecular flexibility index (Phi) is 4.91. The number of phenols is 1. The quantitative estimate of drug-likeness (QED) is 0.835. The van der Waals surface area contributed by atoms with Gasteiger partial charge in [0.15, 0.2) is 11.5 Å². The van der Waals surface area contributed by atoms with Crippen molar-refractivity contribution in [2.24, 2.45) is 0 Å². The standard InChI is InChI=1S/C10H11Br2NO2.ClH/c1-15-7-4-5(6-2-3-13-6)8(11)9(12)10(7)14;/h4,6,13-14H,2-3H2,1H3;1H/t6-;/m0./s1. The second-order valence-electron chi connectivity index (χ2n) is 3.44. The molecule has 16 heavy (non-hydrogen) atoms. The summed E-state index contributed by atoms with van der Waals surface area (Å²) in [5.41, 5.74) is 1.11.